The third kappa shape index (κ3) is 26.5. The minimum atomic E-state index is -3.94. The summed E-state index contributed by atoms with van der Waals surface area (Å²) in [6.45, 7) is -47.3. The summed E-state index contributed by atoms with van der Waals surface area (Å²) < 4.78 is 705. The van der Waals surface area contributed by atoms with Crippen LogP contribution in [0.3, 0.4) is 0 Å². The fraction of sp³-hybridized carbons (Fsp3) is 0.438. The maximum atomic E-state index is 11.8. The molecule has 672 valence electrons. The van der Waals surface area contributed by atoms with E-state index in [1.165, 1.54) is 21.1 Å². The van der Waals surface area contributed by atoms with Gasteiger partial charge in [0.05, 0.1) is 85.6 Å². The van der Waals surface area contributed by atoms with Crippen LogP contribution in [0.1, 0.15) is 174 Å². The van der Waals surface area contributed by atoms with Gasteiger partial charge in [-0.05, 0) is 300 Å². The first-order chi connectivity index (χ1) is 94.1. The number of aromatic amines is 6. The van der Waals surface area contributed by atoms with E-state index in [2.05, 4.69) is 43.4 Å². The number of ether oxygens (including phenoxy) is 6. The van der Waals surface area contributed by atoms with Crippen LogP contribution in [0.2, 0.25) is 8.47 Å². The van der Waals surface area contributed by atoms with Crippen molar-refractivity contribution < 1.29 is 173 Å². The first kappa shape index (κ1) is 33.0. The number of cyclic esters (lactones) is 6. The van der Waals surface area contributed by atoms with Crippen molar-refractivity contribution >= 4 is 102 Å². The highest BCUT2D eigenvalue weighted by atomic mass is 16.6. The third-order valence-corrected chi connectivity index (χ3v) is 16.2. The molecular weight excluding hydrogens is 1600 g/mol. The summed E-state index contributed by atoms with van der Waals surface area (Å²) in [5, 5.41) is 2.87. The first-order valence-corrected chi connectivity index (χ1v) is 36.2. The fourth-order valence-electron chi connectivity index (χ4n) is 10.7. The molecule has 0 bridgehead atoms. The van der Waals surface area contributed by atoms with Crippen molar-refractivity contribution in [3.63, 3.8) is 0 Å². The number of likely N-dealkylation sites (N-methyl/N-ethyl adjacent to an activating group) is 6. The van der Waals surface area contributed by atoms with Gasteiger partial charge >= 0.3 is 36.6 Å². The summed E-state index contributed by atoms with van der Waals surface area (Å²) in [7, 11) is 8.21. The molecule has 0 radical (unpaired) electrons. The van der Waals surface area contributed by atoms with E-state index in [1.807, 2.05) is 20.9 Å². The predicted octanol–water partition coefficient (Wildman–Crippen LogP) is 11.5. The number of aromatic nitrogens is 6. The van der Waals surface area contributed by atoms with Crippen LogP contribution in [0.5, 0.6) is 0 Å². The molecule has 6 atom stereocenters. The van der Waals surface area contributed by atoms with Crippen LogP contribution in [0.25, 0.3) is 65.4 Å². The first-order valence-electron chi connectivity index (χ1n) is 77.9. The van der Waals surface area contributed by atoms with Crippen LogP contribution >= 0.6 is 0 Å². The van der Waals surface area contributed by atoms with Gasteiger partial charge in [0, 0.05) is 199 Å². The van der Waals surface area contributed by atoms with E-state index >= 15 is 0 Å². The lowest BCUT2D eigenvalue weighted by atomic mass is 10.0. The van der Waals surface area contributed by atoms with Crippen molar-refractivity contribution in [2.24, 2.45) is 0 Å². The zero-order chi connectivity index (χ0) is 162. The van der Waals surface area contributed by atoms with Crippen LogP contribution in [-0.4, -0.2) is 295 Å². The molecule has 6 amide bonds. The molecule has 30 heteroatoms. The number of rotatable bonds is 30. The molecule has 12 heterocycles. The molecule has 12 N–H and O–H groups in total. The van der Waals surface area contributed by atoms with E-state index in [9.17, 15) is 28.8 Å². The SMILES string of the molecule is [2H]c1[nH]c2c([2H])c([2H])c(C([2H])([2H])[C@@H]3NC(=O)OC3([2H])[2H])c([2H])c2c1C([2H])([2H])C([2H])([2H])N(C([2H])([2H])[2H])C([2H])([2H])[2H].[2H]c1[nH]c2c([2H])c([2H])c(C([2H])([2H])[C@@H]3NC(=O)OC3([2H])[2H])c([2H])c2c1C([2H])([2H])C([2H])([2H])N(C)C.[2H]c1[nH]c2c([2H])c([2H])c(C([2H])([2H])[C@@H]3NC(=O)OC3([2H])[2H])c([2H])c2c1C([2H])([2H])C([2H])([2H])N(C)C([2H])([2H])[2H].[2H]c1c(C([2H])([2H])[C@@H]2N([2H])C(=O)OC2([2H])[2H])c([2H])c2c(CCN(C([2H])([2H])[2H])C([2H])([2H])[2H])c([2H])n([2H])c2c1[2H].[2H]c1c(C([2H])([2H])[C@@H]2N([2H])C(=O)OC2([2H])[2H])c([2H])c2c(CCN(C)C([2H])([2H])[2H])c([2H])n([2H])c2c1[2H].[2H]c1c(C([2H])([2H])[C@@H]2N([2H])C(=O)OC2([2H])[2H])c([2H])c2c(CCN(C)C)c([2H])n([2H])c2c1[2H]. The molecule has 18 rings (SSSR count). The van der Waals surface area contributed by atoms with Crippen LogP contribution in [-0.2, 0) is 105 Å². The molecule has 6 aliphatic heterocycles. The average Bonchev–Trinajstić information content (AvgIpc) is 1.53. The zero-order valence-electron chi connectivity index (χ0n) is 150. The van der Waals surface area contributed by atoms with Gasteiger partial charge in [-0.25, -0.2) is 28.8 Å². The lowest BCUT2D eigenvalue weighted by Crippen LogP contribution is -2.28. The second-order valence-electron chi connectivity index (χ2n) is 26.2. The van der Waals surface area contributed by atoms with Crippen LogP contribution in [0, 0.1) is 0 Å². The highest BCUT2D eigenvalue weighted by molar-refractivity contribution is 5.88. The fourth-order valence-corrected chi connectivity index (χ4v) is 10.7. The Morgan fingerprint density at radius 1 is 0.317 bits per heavy atom. The van der Waals surface area contributed by atoms with E-state index in [0.717, 1.165) is 16.8 Å². The number of nitrogens with zero attached hydrogens (tertiary/aromatic N) is 6. The number of hydrogen-bond donors (Lipinski definition) is 12. The Kier molecular flexibility index (Phi) is 11.4. The van der Waals surface area contributed by atoms with Gasteiger partial charge in [0.25, 0.3) is 0 Å². The zero-order valence-corrected chi connectivity index (χ0v) is 66.0. The molecule has 6 aliphatic rings. The molecule has 12 aromatic rings. The van der Waals surface area contributed by atoms with E-state index in [-0.39, 0.29) is 95.3 Å². The Labute approximate surface area is 854 Å². The minimum Gasteiger partial charge on any atom is -0.447 e. The third-order valence-electron chi connectivity index (χ3n) is 16.2. The van der Waals surface area contributed by atoms with Gasteiger partial charge < -0.3 is 120 Å². The molecule has 0 saturated carbocycles. The number of carbonyl (C=O) groups is 6. The Morgan fingerprint density at radius 3 is 0.857 bits per heavy atom. The molecule has 6 aromatic heterocycles. The van der Waals surface area contributed by atoms with E-state index < -0.39 is 477 Å². The maximum Gasteiger partial charge on any atom is 0.407 e. The molecule has 6 aromatic carbocycles. The molecule has 0 aliphatic carbocycles. The Hall–Kier alpha value is -12.1. The number of benzene rings is 6. The standard InChI is InChI=1S/6C16H21N3O2/c6*1-19(2)6-5-12-9-17-15-4-3-11(8-14(12)15)7-13-10-21-16(20)18-13/h6*3-4,8-9,13,17H,5-7,10H2,1-2H3,(H,18,20)/t6*13-/m000000/s1/i1D3,2D3,3D,4D,5D2,6D2,7D2,8D,9D,10D2;1D3,3D,4D,5D2,6D2,7D2,8D,9D,10D2;3D,4D,5D2,6D2,7D2,8D,9D,10D2;1D3,2D3,3D,4D,7D2,8D,9D,10D2;1D3,3D,4D,7D2,8D,9D,10D2;3D,4D,7D2,8D,9D,10D2/hD6. The second-order valence-corrected chi connectivity index (χ2v) is 26.2. The monoisotopic (exact) mass is 1810 g/mol. The summed E-state index contributed by atoms with van der Waals surface area (Å²) >= 11 is 0. The number of alkyl carbamates (subject to hydrolysis) is 6. The van der Waals surface area contributed by atoms with Crippen LogP contribution in [0.4, 0.5) is 28.8 Å². The summed E-state index contributed by atoms with van der Waals surface area (Å²) in [5.41, 5.74) is -10.5. The van der Waals surface area contributed by atoms with Gasteiger partial charge in [-0.1, -0.05) is 36.3 Å². The van der Waals surface area contributed by atoms with Crippen molar-refractivity contribution in [3.05, 3.63) is 213 Å². The Bertz CT molecular complexity index is 10000. The van der Waals surface area contributed by atoms with Crippen molar-refractivity contribution in [1.82, 2.24) is 91.2 Å². The summed E-state index contributed by atoms with van der Waals surface area (Å²) in [6.07, 6.45) is -41.2. The smallest absolute Gasteiger partial charge is 0.407 e. The van der Waals surface area contributed by atoms with Crippen molar-refractivity contribution in [1.29, 1.82) is 0 Å². The van der Waals surface area contributed by atoms with Crippen molar-refractivity contribution in [2.45, 2.75) is 113 Å². The number of fused-ring (bicyclic) bond motifs is 6. The number of amides is 6. The quantitative estimate of drug-likeness (QED) is 0.0186. The number of carbonyl (C=O) groups excluding carboxylic acids is 6. The molecule has 126 heavy (non-hydrogen) atoms. The summed E-state index contributed by atoms with van der Waals surface area (Å²) in [4.78, 5) is 81.7. The van der Waals surface area contributed by atoms with Gasteiger partial charge in [0.2, 0.25) is 0 Å². The van der Waals surface area contributed by atoms with Crippen LogP contribution in [0.15, 0.2) is 146 Å². The van der Waals surface area contributed by atoms with E-state index in [0.29, 0.717) is 21.5 Å². The molecule has 0 unspecified atom stereocenters. The van der Waals surface area contributed by atoms with Gasteiger partial charge in [0.1, 0.15) is 39.4 Å². The number of nitrogens with one attached hydrogen (secondary N) is 12. The van der Waals surface area contributed by atoms with E-state index in [4.69, 9.17) is 115 Å². The Morgan fingerprint density at radius 2 is 0.579 bits per heavy atom. The van der Waals surface area contributed by atoms with Gasteiger partial charge in [-0.15, -0.1) is 0 Å². The highest BCUT2D eigenvalue weighted by Gasteiger charge is 2.29. The van der Waals surface area contributed by atoms with Gasteiger partial charge in [-0.3, -0.25) is 0 Å². The topological polar surface area (TPSA) is 344 Å². The molecule has 6 saturated heterocycles. The Balaban J connectivity index is 0.000000201. The summed E-state index contributed by atoms with van der Waals surface area (Å²) in [6, 6.07) is -28.1. The number of H-pyrrole nitrogens is 6. The number of hydrogen-bond acceptors (Lipinski definition) is 18. The normalized spacial score (nSPS) is 32.5. The lowest BCUT2D eigenvalue weighted by molar-refractivity contribution is 0.176. The minimum absolute atomic E-state index is 0.00870. The van der Waals surface area contributed by atoms with Gasteiger partial charge in [-0.2, -0.15) is 0 Å². The van der Waals surface area contributed by atoms with Crippen molar-refractivity contribution in [2.75, 3.05) is 163 Å². The molecule has 0 spiro atoms. The van der Waals surface area contributed by atoms with E-state index in [1.54, 1.807) is 14.1 Å². The lowest BCUT2D eigenvalue weighted by Gasteiger charge is -2.09. The highest BCUT2D eigenvalue weighted by Crippen LogP contribution is 2.29. The molecular formula is C96H126N18O12. The molecule has 30 nitrogen and oxygen atoms in total. The van der Waals surface area contributed by atoms with Crippen molar-refractivity contribution in [3.8, 4) is 0 Å². The maximum absolute atomic E-state index is 11.8. The second kappa shape index (κ2) is 43.7. The van der Waals surface area contributed by atoms with Crippen LogP contribution < -0.4 is 31.9 Å². The largest absolute Gasteiger partial charge is 0.447 e. The molecule has 6 fully saturated rings. The number of aryl methyl sites for hydroxylation is 3. The predicted molar refractivity (Wildman–Crippen MR) is 495 cm³/mol. The summed E-state index contributed by atoms with van der Waals surface area (Å²) in [5.74, 6) is 0. The average molecular weight is 1810 g/mol. The van der Waals surface area contributed by atoms with Gasteiger partial charge in [0.15, 0.2) is 8.47 Å².